The van der Waals surface area contributed by atoms with Crippen LogP contribution >= 0.6 is 0 Å². The van der Waals surface area contributed by atoms with E-state index in [1.807, 2.05) is 6.21 Å². The van der Waals surface area contributed by atoms with Crippen LogP contribution in [0, 0.1) is 11.3 Å². The first kappa shape index (κ1) is 21.1. The van der Waals surface area contributed by atoms with Crippen molar-refractivity contribution in [2.24, 2.45) is 16.3 Å². The number of allylic oxidation sites excluding steroid dienone is 3. The van der Waals surface area contributed by atoms with E-state index >= 15 is 0 Å². The third-order valence-electron chi connectivity index (χ3n) is 9.18. The van der Waals surface area contributed by atoms with E-state index in [2.05, 4.69) is 28.1 Å². The summed E-state index contributed by atoms with van der Waals surface area (Å²) in [6, 6.07) is -0.306. The molecule has 7 aliphatic rings. The lowest BCUT2D eigenvalue weighted by molar-refractivity contribution is -0.150. The van der Waals surface area contributed by atoms with Crippen molar-refractivity contribution in [2.45, 2.75) is 75.5 Å². The number of aliphatic imine (C=N–C) groups is 1. The monoisotopic (exact) mass is 464 g/mol. The average molecular weight is 465 g/mol. The predicted octanol–water partition coefficient (Wildman–Crippen LogP) is 4.61. The molecule has 2 saturated heterocycles. The molecular weight excluding hydrogens is 431 g/mol. The number of hydrogen-bond acceptors (Lipinski definition) is 5. The van der Waals surface area contributed by atoms with Crippen molar-refractivity contribution in [1.29, 1.82) is 0 Å². The smallest absolute Gasteiger partial charge is 0.187 e. The van der Waals surface area contributed by atoms with E-state index in [0.717, 1.165) is 69.7 Å². The first-order valence-electron chi connectivity index (χ1n) is 13.1. The highest BCUT2D eigenvalue weighted by molar-refractivity contribution is 6.00. The fraction of sp³-hybridized carbons (Fsp3) is 0.643. The van der Waals surface area contributed by atoms with Crippen LogP contribution in [0.5, 0.6) is 0 Å². The lowest BCUT2D eigenvalue weighted by Gasteiger charge is -2.41. The van der Waals surface area contributed by atoms with E-state index in [4.69, 9.17) is 9.47 Å². The van der Waals surface area contributed by atoms with Gasteiger partial charge in [-0.15, -0.1) is 0 Å². The van der Waals surface area contributed by atoms with Gasteiger partial charge < -0.3 is 14.4 Å². The Hall–Kier alpha value is -2.21. The van der Waals surface area contributed by atoms with Gasteiger partial charge in [0.05, 0.1) is 24.2 Å². The predicted molar refractivity (Wildman–Crippen MR) is 127 cm³/mol. The van der Waals surface area contributed by atoms with Gasteiger partial charge in [0, 0.05) is 38.1 Å². The molecule has 0 aromatic rings. The van der Waals surface area contributed by atoms with Gasteiger partial charge in [0.15, 0.2) is 17.3 Å². The maximum absolute atomic E-state index is 13.7. The fourth-order valence-electron chi connectivity index (χ4n) is 7.17. The zero-order chi connectivity index (χ0) is 22.9. The van der Waals surface area contributed by atoms with Crippen molar-refractivity contribution >= 4 is 12.0 Å². The van der Waals surface area contributed by atoms with Crippen LogP contribution in [0.2, 0.25) is 0 Å². The molecule has 0 aromatic heterocycles. The van der Waals surface area contributed by atoms with Crippen LogP contribution < -0.4 is 0 Å². The maximum Gasteiger partial charge on any atom is 0.187 e. The average Bonchev–Trinajstić information content (AvgIpc) is 3.59. The summed E-state index contributed by atoms with van der Waals surface area (Å²) in [6.07, 6.45) is 16.9. The Labute approximate surface area is 200 Å². The molecule has 7 rings (SSSR count). The van der Waals surface area contributed by atoms with Crippen LogP contribution in [0.15, 0.2) is 51.4 Å². The van der Waals surface area contributed by atoms with Gasteiger partial charge in [-0.05, 0) is 67.7 Å². The largest absolute Gasteiger partial charge is 0.464 e. The van der Waals surface area contributed by atoms with E-state index < -0.39 is 12.3 Å². The van der Waals surface area contributed by atoms with Gasteiger partial charge in [-0.2, -0.15) is 0 Å². The maximum atomic E-state index is 13.7. The first-order chi connectivity index (χ1) is 16.6. The molecule has 1 saturated carbocycles. The second-order valence-electron chi connectivity index (χ2n) is 11.3. The SMILES string of the molecule is O=C1C2(C=C(N3CCC4OCC5=CCCC=C5C4CC3)OC13CC1=C(CC(CF)N=C1)C3)CC2. The Kier molecular flexibility index (Phi) is 4.74. The number of fused-ring (bicyclic) bond motifs is 3. The van der Waals surface area contributed by atoms with Crippen molar-refractivity contribution in [3.05, 3.63) is 46.4 Å². The number of halogens is 1. The molecular formula is C28H33FN2O3. The van der Waals surface area contributed by atoms with Crippen molar-refractivity contribution in [2.75, 3.05) is 26.4 Å². The van der Waals surface area contributed by atoms with Crippen molar-refractivity contribution in [3.8, 4) is 0 Å². The van der Waals surface area contributed by atoms with E-state index in [0.29, 0.717) is 25.2 Å². The molecule has 3 aliphatic carbocycles. The zero-order valence-corrected chi connectivity index (χ0v) is 19.7. The number of nitrogens with zero attached hydrogens (tertiary/aromatic N) is 2. The first-order valence-corrected chi connectivity index (χ1v) is 13.1. The van der Waals surface area contributed by atoms with Gasteiger partial charge in [0.1, 0.15) is 6.67 Å². The summed E-state index contributed by atoms with van der Waals surface area (Å²) in [5.74, 6) is 1.58. The molecule has 0 bridgehead atoms. The highest BCUT2D eigenvalue weighted by atomic mass is 19.1. The normalized spacial score (nSPS) is 37.9. The number of likely N-dealkylation sites (tertiary alicyclic amines) is 1. The number of ketones is 1. The Morgan fingerprint density at radius 1 is 1.15 bits per heavy atom. The van der Waals surface area contributed by atoms with E-state index in [1.165, 1.54) is 16.7 Å². The number of hydrogen-bond donors (Lipinski definition) is 0. The van der Waals surface area contributed by atoms with Gasteiger partial charge in [-0.1, -0.05) is 17.7 Å². The Morgan fingerprint density at radius 3 is 2.85 bits per heavy atom. The second-order valence-corrected chi connectivity index (χ2v) is 11.3. The second kappa shape index (κ2) is 7.64. The summed E-state index contributed by atoms with van der Waals surface area (Å²) < 4.78 is 26.3. The van der Waals surface area contributed by atoms with Crippen LogP contribution in [0.25, 0.3) is 0 Å². The molecule has 2 spiro atoms. The molecule has 180 valence electrons. The number of carbonyl (C=O) groups is 1. The lowest BCUT2D eigenvalue weighted by atomic mass is 9.80. The zero-order valence-electron chi connectivity index (χ0n) is 19.7. The minimum absolute atomic E-state index is 0.234. The third kappa shape index (κ3) is 3.20. The molecule has 4 heterocycles. The standard InChI is InChI=1S/C28H33FN2O3/c29-15-21-11-19-12-28(13-20(19)16-30-21)26(32)27(7-8-27)14-25(34-28)31-9-5-23-22-4-2-1-3-18(22)17-33-24(23)6-10-31/h3-4,14,16,21,23-24H,1-2,5-13,15,17H2. The number of dihydropyridines is 1. The minimum Gasteiger partial charge on any atom is -0.464 e. The molecule has 6 heteroatoms. The van der Waals surface area contributed by atoms with Crippen LogP contribution in [-0.2, 0) is 14.3 Å². The summed E-state index contributed by atoms with van der Waals surface area (Å²) in [6.45, 7) is 2.10. The number of ether oxygens (including phenoxy) is 2. The Bertz CT molecular complexity index is 1080. The fourth-order valence-corrected chi connectivity index (χ4v) is 7.17. The van der Waals surface area contributed by atoms with Crippen LogP contribution in [0.1, 0.15) is 57.8 Å². The minimum atomic E-state index is -0.833. The van der Waals surface area contributed by atoms with Gasteiger partial charge >= 0.3 is 0 Å². The summed E-state index contributed by atoms with van der Waals surface area (Å²) in [7, 11) is 0. The van der Waals surface area contributed by atoms with E-state index in [1.54, 1.807) is 0 Å². The molecule has 0 radical (unpaired) electrons. The highest BCUT2D eigenvalue weighted by Crippen LogP contribution is 2.58. The highest BCUT2D eigenvalue weighted by Gasteiger charge is 2.63. The topological polar surface area (TPSA) is 51.1 Å². The number of rotatable bonds is 2. The van der Waals surface area contributed by atoms with Gasteiger partial charge in [0.2, 0.25) is 0 Å². The molecule has 0 N–H and O–H groups in total. The lowest BCUT2D eigenvalue weighted by Crippen LogP contribution is -2.49. The third-order valence-corrected chi connectivity index (χ3v) is 9.18. The summed E-state index contributed by atoms with van der Waals surface area (Å²) in [4.78, 5) is 20.5. The molecule has 0 aromatic carbocycles. The van der Waals surface area contributed by atoms with Crippen LogP contribution in [-0.4, -0.2) is 61.0 Å². The Balaban J connectivity index is 1.13. The van der Waals surface area contributed by atoms with E-state index in [-0.39, 0.29) is 23.3 Å². The number of carbonyl (C=O) groups excluding carboxylic acids is 1. The molecule has 4 aliphatic heterocycles. The van der Waals surface area contributed by atoms with Gasteiger partial charge in [0.25, 0.3) is 0 Å². The van der Waals surface area contributed by atoms with Gasteiger partial charge in [-0.25, -0.2) is 4.39 Å². The summed E-state index contributed by atoms with van der Waals surface area (Å²) in [5.41, 5.74) is 3.97. The molecule has 34 heavy (non-hydrogen) atoms. The Morgan fingerprint density at radius 2 is 2.00 bits per heavy atom. The number of alkyl halides is 1. The van der Waals surface area contributed by atoms with Crippen LogP contribution in [0.3, 0.4) is 0 Å². The van der Waals surface area contributed by atoms with Crippen LogP contribution in [0.4, 0.5) is 4.39 Å². The summed E-state index contributed by atoms with van der Waals surface area (Å²) >= 11 is 0. The quantitative estimate of drug-likeness (QED) is 0.599. The number of Topliss-reactive ketones (excluding diaryl/α,β-unsaturated/α-hetero) is 1. The van der Waals surface area contributed by atoms with Gasteiger partial charge in [-0.3, -0.25) is 9.79 Å². The van der Waals surface area contributed by atoms with Crippen molar-refractivity contribution < 1.29 is 18.7 Å². The summed E-state index contributed by atoms with van der Waals surface area (Å²) in [5, 5.41) is 0. The van der Waals surface area contributed by atoms with Crippen molar-refractivity contribution in [1.82, 2.24) is 4.90 Å². The molecule has 4 unspecified atom stereocenters. The molecule has 5 nitrogen and oxygen atoms in total. The van der Waals surface area contributed by atoms with E-state index in [9.17, 15) is 9.18 Å². The molecule has 4 atom stereocenters. The molecule has 3 fully saturated rings. The molecule has 0 amide bonds. The van der Waals surface area contributed by atoms with Crippen molar-refractivity contribution in [3.63, 3.8) is 0 Å².